The predicted molar refractivity (Wildman–Crippen MR) is 125 cm³/mol. The Hall–Kier alpha value is -4.35. The first-order valence-corrected chi connectivity index (χ1v) is 10.9. The number of anilines is 1. The molecule has 0 radical (unpaired) electrons. The van der Waals surface area contributed by atoms with Crippen LogP contribution in [0.25, 0.3) is 17.1 Å². The summed E-state index contributed by atoms with van der Waals surface area (Å²) in [6, 6.07) is 7.23. The van der Waals surface area contributed by atoms with E-state index in [4.69, 9.17) is 0 Å². The van der Waals surface area contributed by atoms with Gasteiger partial charge < -0.3 is 14.8 Å². The summed E-state index contributed by atoms with van der Waals surface area (Å²) in [5.74, 6) is -0.160. The lowest BCUT2D eigenvalue weighted by molar-refractivity contribution is -0.141. The molecule has 4 heterocycles. The Morgan fingerprint density at radius 3 is 2.61 bits per heavy atom. The van der Waals surface area contributed by atoms with Crippen molar-refractivity contribution in [2.45, 2.75) is 32.5 Å². The van der Waals surface area contributed by atoms with Crippen LogP contribution in [0.2, 0.25) is 0 Å². The highest BCUT2D eigenvalue weighted by Gasteiger charge is 2.32. The van der Waals surface area contributed by atoms with E-state index in [2.05, 4.69) is 25.5 Å². The minimum Gasteiger partial charge on any atom is -0.321 e. The fourth-order valence-corrected chi connectivity index (χ4v) is 3.51. The molecule has 0 bridgehead atoms. The van der Waals surface area contributed by atoms with Gasteiger partial charge in [0.25, 0.3) is 5.91 Å². The number of rotatable bonds is 5. The molecule has 0 atom stereocenters. The number of nitrogens with one attached hydrogen (secondary N) is 1. The second-order valence-electron chi connectivity index (χ2n) is 8.38. The van der Waals surface area contributed by atoms with Crippen molar-refractivity contribution in [2.75, 3.05) is 12.4 Å². The highest BCUT2D eigenvalue weighted by atomic mass is 19.4. The SMILES string of the molecule is CC(C)n1cnnc1-c1cccc(NC(=O)C2=CC(c3ccc(C(F)(F)F)nc3)=CN(C)C(=O)C2)n1. The van der Waals surface area contributed by atoms with Gasteiger partial charge in [0.05, 0.1) is 6.42 Å². The van der Waals surface area contributed by atoms with E-state index in [1.165, 1.54) is 30.3 Å². The van der Waals surface area contributed by atoms with Crippen LogP contribution in [-0.2, 0) is 15.8 Å². The molecule has 0 aliphatic carbocycles. The molecule has 0 spiro atoms. The summed E-state index contributed by atoms with van der Waals surface area (Å²) in [6.45, 7) is 3.95. The Morgan fingerprint density at radius 1 is 1.17 bits per heavy atom. The van der Waals surface area contributed by atoms with Gasteiger partial charge in [-0.15, -0.1) is 10.2 Å². The van der Waals surface area contributed by atoms with Gasteiger partial charge in [0.1, 0.15) is 23.5 Å². The van der Waals surface area contributed by atoms with Crippen molar-refractivity contribution in [1.82, 2.24) is 29.6 Å². The monoisotopic (exact) mass is 497 g/mol. The molecule has 0 saturated carbocycles. The number of aromatic nitrogens is 5. The summed E-state index contributed by atoms with van der Waals surface area (Å²) in [6.07, 6.45) is 0.770. The maximum absolute atomic E-state index is 13.1. The molecule has 9 nitrogen and oxygen atoms in total. The minimum absolute atomic E-state index is 0.0964. The second-order valence-corrected chi connectivity index (χ2v) is 8.38. The van der Waals surface area contributed by atoms with Gasteiger partial charge in [-0.3, -0.25) is 14.6 Å². The van der Waals surface area contributed by atoms with E-state index in [1.54, 1.807) is 24.5 Å². The lowest BCUT2D eigenvalue weighted by atomic mass is 10.0. The molecule has 0 fully saturated rings. The van der Waals surface area contributed by atoms with Crippen molar-refractivity contribution in [3.8, 4) is 11.5 Å². The minimum atomic E-state index is -4.58. The molecule has 1 N–H and O–H groups in total. The Bertz CT molecular complexity index is 1360. The number of amides is 2. The van der Waals surface area contributed by atoms with Crippen LogP contribution in [0, 0.1) is 0 Å². The number of nitrogens with zero attached hydrogens (tertiary/aromatic N) is 6. The summed E-state index contributed by atoms with van der Waals surface area (Å²) < 4.78 is 40.5. The molecular formula is C24H22F3N7O2. The lowest BCUT2D eigenvalue weighted by Crippen LogP contribution is -2.23. The van der Waals surface area contributed by atoms with Gasteiger partial charge in [0, 0.05) is 36.6 Å². The third-order valence-electron chi connectivity index (χ3n) is 5.43. The van der Waals surface area contributed by atoms with Gasteiger partial charge in [0.2, 0.25) is 5.91 Å². The van der Waals surface area contributed by atoms with Gasteiger partial charge in [-0.25, -0.2) is 4.98 Å². The molecule has 0 saturated heterocycles. The molecule has 1 aliphatic rings. The van der Waals surface area contributed by atoms with Crippen LogP contribution in [0.4, 0.5) is 19.0 Å². The highest BCUT2D eigenvalue weighted by Crippen LogP contribution is 2.29. The van der Waals surface area contributed by atoms with Gasteiger partial charge in [0.15, 0.2) is 5.82 Å². The van der Waals surface area contributed by atoms with E-state index in [-0.39, 0.29) is 29.8 Å². The molecule has 36 heavy (non-hydrogen) atoms. The normalized spacial score (nSPS) is 14.4. The second kappa shape index (κ2) is 9.72. The van der Waals surface area contributed by atoms with E-state index in [1.807, 2.05) is 18.4 Å². The van der Waals surface area contributed by atoms with Crippen molar-refractivity contribution in [1.29, 1.82) is 0 Å². The maximum Gasteiger partial charge on any atom is 0.433 e. The summed E-state index contributed by atoms with van der Waals surface area (Å²) in [5, 5.41) is 10.7. The van der Waals surface area contributed by atoms with E-state index in [0.717, 1.165) is 12.3 Å². The van der Waals surface area contributed by atoms with Crippen LogP contribution in [0.5, 0.6) is 0 Å². The molecule has 2 amide bonds. The van der Waals surface area contributed by atoms with E-state index >= 15 is 0 Å². The summed E-state index contributed by atoms with van der Waals surface area (Å²) >= 11 is 0. The molecule has 1 aliphatic heterocycles. The Balaban J connectivity index is 1.61. The molecule has 0 aromatic carbocycles. The van der Waals surface area contributed by atoms with E-state index in [0.29, 0.717) is 22.7 Å². The van der Waals surface area contributed by atoms with Crippen LogP contribution in [-0.4, -0.2) is 48.5 Å². The molecule has 186 valence electrons. The largest absolute Gasteiger partial charge is 0.433 e. The lowest BCUT2D eigenvalue weighted by Gasteiger charge is -2.12. The van der Waals surface area contributed by atoms with Crippen LogP contribution in [0.3, 0.4) is 0 Å². The van der Waals surface area contributed by atoms with Crippen molar-refractivity contribution >= 4 is 23.2 Å². The highest BCUT2D eigenvalue weighted by molar-refractivity contribution is 6.08. The maximum atomic E-state index is 13.1. The number of pyridine rings is 2. The first kappa shape index (κ1) is 24.8. The number of halogens is 3. The zero-order chi connectivity index (χ0) is 26.0. The Morgan fingerprint density at radius 2 is 1.94 bits per heavy atom. The number of hydrogen-bond donors (Lipinski definition) is 1. The molecule has 0 unspecified atom stereocenters. The number of allylic oxidation sites excluding steroid dienone is 2. The van der Waals surface area contributed by atoms with Gasteiger partial charge in [-0.1, -0.05) is 12.1 Å². The quantitative estimate of drug-likeness (QED) is 0.569. The number of hydrogen-bond acceptors (Lipinski definition) is 6. The van der Waals surface area contributed by atoms with Crippen LogP contribution in [0.1, 0.15) is 37.6 Å². The van der Waals surface area contributed by atoms with Crippen molar-refractivity contribution in [3.05, 3.63) is 72.0 Å². The van der Waals surface area contributed by atoms with Gasteiger partial charge in [-0.2, -0.15) is 13.2 Å². The van der Waals surface area contributed by atoms with Crippen molar-refractivity contribution in [2.24, 2.45) is 0 Å². The predicted octanol–water partition coefficient (Wildman–Crippen LogP) is 4.10. The summed E-state index contributed by atoms with van der Waals surface area (Å²) in [5.41, 5.74) is 0.268. The van der Waals surface area contributed by atoms with Crippen molar-refractivity contribution < 1.29 is 22.8 Å². The van der Waals surface area contributed by atoms with Crippen LogP contribution >= 0.6 is 0 Å². The Kier molecular flexibility index (Phi) is 6.69. The van der Waals surface area contributed by atoms with Crippen molar-refractivity contribution in [3.63, 3.8) is 0 Å². The molecular weight excluding hydrogens is 475 g/mol. The van der Waals surface area contributed by atoms with Gasteiger partial charge >= 0.3 is 6.18 Å². The molecule has 4 rings (SSSR count). The third-order valence-corrected chi connectivity index (χ3v) is 5.43. The summed E-state index contributed by atoms with van der Waals surface area (Å²) in [4.78, 5) is 34.8. The average Bonchev–Trinajstić information content (AvgIpc) is 3.27. The average molecular weight is 497 g/mol. The Labute approximate surface area is 204 Å². The third kappa shape index (κ3) is 5.32. The summed E-state index contributed by atoms with van der Waals surface area (Å²) in [7, 11) is 1.50. The first-order valence-electron chi connectivity index (χ1n) is 10.9. The van der Waals surface area contributed by atoms with Crippen LogP contribution in [0.15, 0.2) is 60.7 Å². The fourth-order valence-electron chi connectivity index (χ4n) is 3.51. The van der Waals surface area contributed by atoms with Gasteiger partial charge in [-0.05, 0) is 43.7 Å². The molecule has 3 aromatic heterocycles. The topological polar surface area (TPSA) is 106 Å². The standard InChI is InChI=1S/C24H22F3N7O2/c1-14(2)34-13-29-32-22(34)18-5-4-6-20(30-18)31-23(36)16-9-17(12-33(3)21(35)10-16)15-7-8-19(28-11-15)24(25,26)27/h4-9,11-14H,10H2,1-3H3,(H,30,31,36). The van der Waals surface area contributed by atoms with Crippen LogP contribution < -0.4 is 5.32 Å². The molecule has 3 aromatic rings. The molecule has 12 heteroatoms. The number of alkyl halides is 3. The smallest absolute Gasteiger partial charge is 0.321 e. The number of carbonyl (C=O) groups is 2. The first-order chi connectivity index (χ1) is 17.0. The van der Waals surface area contributed by atoms with E-state index < -0.39 is 17.8 Å². The zero-order valence-corrected chi connectivity index (χ0v) is 19.6. The fraction of sp³-hybridized carbons (Fsp3) is 0.250. The zero-order valence-electron chi connectivity index (χ0n) is 19.6. The van der Waals surface area contributed by atoms with E-state index in [9.17, 15) is 22.8 Å². The number of carbonyl (C=O) groups excluding carboxylic acids is 2.